The van der Waals surface area contributed by atoms with Crippen molar-refractivity contribution in [3.05, 3.63) is 46.6 Å². The molecule has 1 aromatic carbocycles. The van der Waals surface area contributed by atoms with Crippen LogP contribution in [0.4, 0.5) is 5.82 Å². The van der Waals surface area contributed by atoms with Gasteiger partial charge < -0.3 is 15.2 Å². The van der Waals surface area contributed by atoms with Crippen LogP contribution in [0.1, 0.15) is 10.4 Å². The first kappa shape index (κ1) is 13.4. The molecule has 1 amide bonds. The maximum atomic E-state index is 12.0. The van der Waals surface area contributed by atoms with Crippen molar-refractivity contribution in [3.63, 3.8) is 0 Å². The average Bonchev–Trinajstić information content (AvgIpc) is 2.41. The van der Waals surface area contributed by atoms with Crippen LogP contribution in [0.2, 0.25) is 0 Å². The lowest BCUT2D eigenvalue weighted by Crippen LogP contribution is -2.13. The topological polar surface area (TPSA) is 71.5 Å². The molecular weight excluding hydrogens is 312 g/mol. The fourth-order valence-electron chi connectivity index (χ4n) is 1.48. The van der Waals surface area contributed by atoms with E-state index in [1.54, 1.807) is 24.4 Å². The lowest BCUT2D eigenvalue weighted by Gasteiger charge is -2.08. The van der Waals surface area contributed by atoms with Gasteiger partial charge in [0.05, 0.1) is 17.1 Å². The Morgan fingerprint density at radius 3 is 2.84 bits per heavy atom. The highest BCUT2D eigenvalue weighted by atomic mass is 79.9. The summed E-state index contributed by atoms with van der Waals surface area (Å²) in [5.74, 6) is 0.277. The van der Waals surface area contributed by atoms with E-state index in [0.717, 1.165) is 0 Å². The molecule has 0 aliphatic heterocycles. The number of carbonyl (C=O) groups excluding carboxylic acids is 1. The van der Waals surface area contributed by atoms with Crippen molar-refractivity contribution in [3.8, 4) is 11.5 Å². The highest BCUT2D eigenvalue weighted by molar-refractivity contribution is 9.10. The van der Waals surface area contributed by atoms with Gasteiger partial charge in [-0.05, 0) is 40.2 Å². The van der Waals surface area contributed by atoms with Gasteiger partial charge >= 0.3 is 0 Å². The summed E-state index contributed by atoms with van der Waals surface area (Å²) in [6.45, 7) is 0. The molecule has 5 nitrogen and oxygen atoms in total. The summed E-state index contributed by atoms with van der Waals surface area (Å²) in [4.78, 5) is 16.0. The number of phenolic OH excluding ortho intramolecular Hbond substituents is 1. The number of methoxy groups -OCH3 is 1. The molecule has 2 N–H and O–H groups in total. The molecule has 98 valence electrons. The second kappa shape index (κ2) is 5.71. The summed E-state index contributed by atoms with van der Waals surface area (Å²) in [6, 6.07) is 7.96. The number of amides is 1. The Balaban J connectivity index is 2.23. The lowest BCUT2D eigenvalue weighted by atomic mass is 10.2. The summed E-state index contributed by atoms with van der Waals surface area (Å²) in [5.41, 5.74) is 0.151. The average molecular weight is 323 g/mol. The maximum absolute atomic E-state index is 12.0. The molecule has 2 rings (SSSR count). The number of phenols is 1. The molecule has 0 unspecified atom stereocenters. The minimum absolute atomic E-state index is 0.149. The smallest absolute Gasteiger partial charge is 0.260 e. The minimum atomic E-state index is -0.445. The Morgan fingerprint density at radius 2 is 2.21 bits per heavy atom. The quantitative estimate of drug-likeness (QED) is 0.911. The number of ether oxygens (including phenoxy) is 1. The zero-order valence-corrected chi connectivity index (χ0v) is 11.6. The highest BCUT2D eigenvalue weighted by Gasteiger charge is 2.13. The third-order valence-corrected chi connectivity index (χ3v) is 3.08. The van der Waals surface area contributed by atoms with Gasteiger partial charge in [-0.25, -0.2) is 4.98 Å². The number of aromatic hydroxyl groups is 1. The zero-order valence-electron chi connectivity index (χ0n) is 10.1. The molecular formula is C13H11BrN2O3. The minimum Gasteiger partial charge on any atom is -0.507 e. The van der Waals surface area contributed by atoms with Gasteiger partial charge in [0.1, 0.15) is 17.3 Å². The van der Waals surface area contributed by atoms with E-state index in [1.165, 1.54) is 19.2 Å². The molecule has 2 aromatic rings. The van der Waals surface area contributed by atoms with Crippen LogP contribution in [-0.4, -0.2) is 23.1 Å². The van der Waals surface area contributed by atoms with Crippen LogP contribution in [0.5, 0.6) is 11.5 Å². The second-order valence-corrected chi connectivity index (χ2v) is 4.53. The lowest BCUT2D eigenvalue weighted by molar-refractivity contribution is 0.102. The van der Waals surface area contributed by atoms with E-state index < -0.39 is 5.91 Å². The van der Waals surface area contributed by atoms with Crippen molar-refractivity contribution in [2.75, 3.05) is 12.4 Å². The summed E-state index contributed by atoms with van der Waals surface area (Å²) in [6.07, 6.45) is 1.56. The largest absolute Gasteiger partial charge is 0.507 e. The predicted octanol–water partition coefficient (Wildman–Crippen LogP) is 2.81. The number of pyridine rings is 1. The Kier molecular flexibility index (Phi) is 4.01. The number of nitrogens with zero attached hydrogens (tertiary/aromatic N) is 1. The van der Waals surface area contributed by atoms with Crippen LogP contribution in [0.15, 0.2) is 41.0 Å². The summed E-state index contributed by atoms with van der Waals surface area (Å²) < 4.78 is 5.62. The molecule has 0 radical (unpaired) electrons. The van der Waals surface area contributed by atoms with Gasteiger partial charge in [-0.15, -0.1) is 0 Å². The number of hydrogen-bond donors (Lipinski definition) is 2. The first-order valence-electron chi connectivity index (χ1n) is 5.40. The van der Waals surface area contributed by atoms with Gasteiger partial charge in [-0.2, -0.15) is 0 Å². The summed E-state index contributed by atoms with van der Waals surface area (Å²) in [5, 5.41) is 12.4. The van der Waals surface area contributed by atoms with E-state index in [1.807, 2.05) is 0 Å². The molecule has 6 heteroatoms. The van der Waals surface area contributed by atoms with Gasteiger partial charge in [-0.3, -0.25) is 4.79 Å². The number of carbonyl (C=O) groups is 1. The Bertz CT molecular complexity index is 617. The molecule has 0 bridgehead atoms. The van der Waals surface area contributed by atoms with Crippen LogP contribution in [0.3, 0.4) is 0 Å². The number of anilines is 1. The number of benzene rings is 1. The molecule has 1 heterocycles. The summed E-state index contributed by atoms with van der Waals surface area (Å²) >= 11 is 3.28. The van der Waals surface area contributed by atoms with Crippen LogP contribution < -0.4 is 10.1 Å². The first-order valence-corrected chi connectivity index (χ1v) is 6.20. The van der Waals surface area contributed by atoms with Gasteiger partial charge in [0.15, 0.2) is 0 Å². The van der Waals surface area contributed by atoms with Crippen molar-refractivity contribution >= 4 is 27.7 Å². The van der Waals surface area contributed by atoms with E-state index in [2.05, 4.69) is 26.2 Å². The van der Waals surface area contributed by atoms with Crippen molar-refractivity contribution in [1.29, 1.82) is 0 Å². The Morgan fingerprint density at radius 1 is 1.42 bits per heavy atom. The molecule has 0 saturated carbocycles. The van der Waals surface area contributed by atoms with Gasteiger partial charge in [0, 0.05) is 12.3 Å². The monoisotopic (exact) mass is 322 g/mol. The normalized spacial score (nSPS) is 10.0. The zero-order chi connectivity index (χ0) is 13.8. The van der Waals surface area contributed by atoms with Crippen molar-refractivity contribution in [1.82, 2.24) is 4.98 Å². The molecule has 1 aromatic heterocycles. The Hall–Kier alpha value is -2.08. The number of nitrogens with one attached hydrogen (secondary N) is 1. The number of aromatic nitrogens is 1. The van der Waals surface area contributed by atoms with Crippen LogP contribution in [0, 0.1) is 0 Å². The van der Waals surface area contributed by atoms with Gasteiger partial charge in [0.2, 0.25) is 0 Å². The van der Waals surface area contributed by atoms with E-state index in [4.69, 9.17) is 4.74 Å². The Labute approximate surface area is 118 Å². The highest BCUT2D eigenvalue weighted by Crippen LogP contribution is 2.25. The predicted molar refractivity (Wildman–Crippen MR) is 74.5 cm³/mol. The van der Waals surface area contributed by atoms with Crippen molar-refractivity contribution in [2.24, 2.45) is 0 Å². The fraction of sp³-hybridized carbons (Fsp3) is 0.0769. The molecule has 0 atom stereocenters. The van der Waals surface area contributed by atoms with Gasteiger partial charge in [0.25, 0.3) is 5.91 Å². The standard InChI is InChI=1S/C13H11BrN2O3/c1-19-8-4-5-9(11(17)7-8)13(18)16-12-10(14)3-2-6-15-12/h2-7,17H,1H3,(H,15,16,18). The maximum Gasteiger partial charge on any atom is 0.260 e. The fourth-order valence-corrected chi connectivity index (χ4v) is 1.84. The molecule has 0 fully saturated rings. The van der Waals surface area contributed by atoms with Gasteiger partial charge in [-0.1, -0.05) is 0 Å². The molecule has 0 spiro atoms. The third kappa shape index (κ3) is 3.03. The second-order valence-electron chi connectivity index (χ2n) is 3.67. The number of hydrogen-bond acceptors (Lipinski definition) is 4. The SMILES string of the molecule is COc1ccc(C(=O)Nc2ncccc2Br)c(O)c1. The van der Waals surface area contributed by atoms with E-state index in [0.29, 0.717) is 16.0 Å². The molecule has 0 aliphatic rings. The summed E-state index contributed by atoms with van der Waals surface area (Å²) in [7, 11) is 1.49. The van der Waals surface area contributed by atoms with E-state index >= 15 is 0 Å². The van der Waals surface area contributed by atoms with E-state index in [9.17, 15) is 9.90 Å². The van der Waals surface area contributed by atoms with Crippen LogP contribution >= 0.6 is 15.9 Å². The first-order chi connectivity index (χ1) is 9.11. The molecule has 0 saturated heterocycles. The number of rotatable bonds is 3. The molecule has 19 heavy (non-hydrogen) atoms. The van der Waals surface area contributed by atoms with Crippen LogP contribution in [0.25, 0.3) is 0 Å². The van der Waals surface area contributed by atoms with Crippen molar-refractivity contribution < 1.29 is 14.6 Å². The van der Waals surface area contributed by atoms with E-state index in [-0.39, 0.29) is 11.3 Å². The third-order valence-electron chi connectivity index (χ3n) is 2.44. The van der Waals surface area contributed by atoms with Crippen LogP contribution in [-0.2, 0) is 0 Å². The van der Waals surface area contributed by atoms with Crippen molar-refractivity contribution in [2.45, 2.75) is 0 Å². The number of halogens is 1. The molecule has 0 aliphatic carbocycles.